The summed E-state index contributed by atoms with van der Waals surface area (Å²) in [6.07, 6.45) is 4.80. The Bertz CT molecular complexity index is 991. The summed E-state index contributed by atoms with van der Waals surface area (Å²) in [5, 5.41) is 8.07. The fourth-order valence-corrected chi connectivity index (χ4v) is 4.40. The molecule has 0 aliphatic rings. The van der Waals surface area contributed by atoms with Gasteiger partial charge in [-0.1, -0.05) is 50.1 Å². The van der Waals surface area contributed by atoms with Crippen molar-refractivity contribution in [3.8, 4) is 0 Å². The number of hydrogen-bond acceptors (Lipinski definition) is 4. The van der Waals surface area contributed by atoms with Crippen molar-refractivity contribution in [2.24, 2.45) is 7.05 Å². The monoisotopic (exact) mass is 413 g/mol. The van der Waals surface area contributed by atoms with Gasteiger partial charge in [-0.25, -0.2) is 4.98 Å². The molecule has 1 aromatic carbocycles. The molecule has 1 N–H and O–H groups in total. The molecule has 0 radical (unpaired) electrons. The highest BCUT2D eigenvalue weighted by Crippen LogP contribution is 2.29. The predicted octanol–water partition coefficient (Wildman–Crippen LogP) is 5.09. The van der Waals surface area contributed by atoms with E-state index in [1.807, 2.05) is 46.0 Å². The molecule has 0 fully saturated rings. The van der Waals surface area contributed by atoms with Crippen molar-refractivity contribution >= 4 is 34.4 Å². The van der Waals surface area contributed by atoms with Crippen LogP contribution in [0.5, 0.6) is 0 Å². The topological polar surface area (TPSA) is 64.7 Å². The van der Waals surface area contributed by atoms with Crippen LogP contribution in [0.25, 0.3) is 11.0 Å². The maximum Gasteiger partial charge on any atom is 0.237 e. The molecule has 3 aromatic rings. The number of aromatic nitrogens is 4. The van der Waals surface area contributed by atoms with Gasteiger partial charge in [-0.05, 0) is 39.3 Å². The van der Waals surface area contributed by atoms with E-state index in [9.17, 15) is 4.79 Å². The third-order valence-electron chi connectivity index (χ3n) is 5.26. The second-order valence-electron chi connectivity index (χ2n) is 7.51. The minimum absolute atomic E-state index is 0.0289. The number of thioether (sulfide) groups is 1. The molecule has 2 aromatic heterocycles. The van der Waals surface area contributed by atoms with E-state index in [0.29, 0.717) is 0 Å². The van der Waals surface area contributed by atoms with Crippen molar-refractivity contribution < 1.29 is 4.79 Å². The number of carbonyl (C=O) groups is 1. The third-order valence-corrected chi connectivity index (χ3v) is 6.35. The van der Waals surface area contributed by atoms with Gasteiger partial charge in [0.15, 0.2) is 5.16 Å². The van der Waals surface area contributed by atoms with E-state index in [4.69, 9.17) is 4.98 Å². The van der Waals surface area contributed by atoms with Gasteiger partial charge in [0, 0.05) is 13.6 Å². The Labute approximate surface area is 177 Å². The first-order valence-electron chi connectivity index (χ1n) is 10.3. The Morgan fingerprint density at radius 3 is 2.66 bits per heavy atom. The average molecular weight is 414 g/mol. The Morgan fingerprint density at radius 1 is 1.21 bits per heavy atom. The number of benzene rings is 1. The Morgan fingerprint density at radius 2 is 1.97 bits per heavy atom. The molecule has 0 saturated heterocycles. The number of unbranched alkanes of at least 4 members (excludes halogenated alkanes) is 3. The van der Waals surface area contributed by atoms with Crippen molar-refractivity contribution in [1.29, 1.82) is 0 Å². The number of para-hydroxylation sites is 2. The van der Waals surface area contributed by atoms with Gasteiger partial charge >= 0.3 is 0 Å². The molecule has 156 valence electrons. The molecule has 1 unspecified atom stereocenters. The zero-order chi connectivity index (χ0) is 21.0. The SMILES string of the molecule is CCCCCCn1c(SC(C)C(=O)Nc2c(C)nn(C)c2C)nc2ccccc21. The smallest absolute Gasteiger partial charge is 0.237 e. The number of nitrogens with one attached hydrogen (secondary N) is 1. The molecule has 0 spiro atoms. The van der Waals surface area contributed by atoms with Crippen LogP contribution < -0.4 is 5.32 Å². The zero-order valence-electron chi connectivity index (χ0n) is 18.0. The highest BCUT2D eigenvalue weighted by molar-refractivity contribution is 8.00. The molecule has 29 heavy (non-hydrogen) atoms. The Hall–Kier alpha value is -2.28. The van der Waals surface area contributed by atoms with Crippen LogP contribution in [0.3, 0.4) is 0 Å². The van der Waals surface area contributed by atoms with Gasteiger partial charge in [0.1, 0.15) is 0 Å². The van der Waals surface area contributed by atoms with Crippen LogP contribution in [-0.2, 0) is 18.4 Å². The lowest BCUT2D eigenvalue weighted by Crippen LogP contribution is -2.23. The Balaban J connectivity index is 1.76. The van der Waals surface area contributed by atoms with E-state index < -0.39 is 0 Å². The quantitative estimate of drug-likeness (QED) is 0.392. The number of amides is 1. The normalized spacial score (nSPS) is 12.4. The summed E-state index contributed by atoms with van der Waals surface area (Å²) in [6.45, 7) is 8.96. The van der Waals surface area contributed by atoms with Gasteiger partial charge in [0.25, 0.3) is 0 Å². The summed E-state index contributed by atoms with van der Waals surface area (Å²) in [7, 11) is 1.89. The molecule has 0 aliphatic heterocycles. The van der Waals surface area contributed by atoms with Gasteiger partial charge in [0.05, 0.1) is 33.4 Å². The van der Waals surface area contributed by atoms with Crippen molar-refractivity contribution in [2.75, 3.05) is 5.32 Å². The van der Waals surface area contributed by atoms with Crippen LogP contribution in [0.15, 0.2) is 29.4 Å². The van der Waals surface area contributed by atoms with Gasteiger partial charge in [-0.3, -0.25) is 9.48 Å². The molecule has 0 bridgehead atoms. The highest BCUT2D eigenvalue weighted by atomic mass is 32.2. The van der Waals surface area contributed by atoms with Gasteiger partial charge in [0.2, 0.25) is 5.91 Å². The molecular weight excluding hydrogens is 382 g/mol. The minimum Gasteiger partial charge on any atom is -0.322 e. The highest BCUT2D eigenvalue weighted by Gasteiger charge is 2.21. The molecular formula is C22H31N5OS. The van der Waals surface area contributed by atoms with Crippen molar-refractivity contribution in [3.05, 3.63) is 35.7 Å². The molecule has 0 aliphatic carbocycles. The van der Waals surface area contributed by atoms with Crippen molar-refractivity contribution in [3.63, 3.8) is 0 Å². The van der Waals surface area contributed by atoms with Crippen molar-refractivity contribution in [1.82, 2.24) is 19.3 Å². The second kappa shape index (κ2) is 9.48. The van der Waals surface area contributed by atoms with Crippen LogP contribution in [0.2, 0.25) is 0 Å². The summed E-state index contributed by atoms with van der Waals surface area (Å²) >= 11 is 1.52. The van der Waals surface area contributed by atoms with Crippen LogP contribution in [0, 0.1) is 13.8 Å². The van der Waals surface area contributed by atoms with Crippen molar-refractivity contribution in [2.45, 2.75) is 70.3 Å². The molecule has 2 heterocycles. The molecule has 1 atom stereocenters. The summed E-state index contributed by atoms with van der Waals surface area (Å²) in [5.41, 5.74) is 4.71. The predicted molar refractivity (Wildman–Crippen MR) is 121 cm³/mol. The number of carbonyl (C=O) groups excluding carboxylic acids is 1. The maximum atomic E-state index is 12.9. The third kappa shape index (κ3) is 4.83. The molecule has 7 heteroatoms. The summed E-state index contributed by atoms with van der Waals surface area (Å²) in [5.74, 6) is -0.0289. The average Bonchev–Trinajstić information content (AvgIpc) is 3.16. The second-order valence-corrected chi connectivity index (χ2v) is 8.82. The lowest BCUT2D eigenvalue weighted by molar-refractivity contribution is -0.115. The van der Waals surface area contributed by atoms with E-state index in [2.05, 4.69) is 28.0 Å². The first-order chi connectivity index (χ1) is 13.9. The lowest BCUT2D eigenvalue weighted by atomic mass is 10.2. The summed E-state index contributed by atoms with van der Waals surface area (Å²) in [4.78, 5) is 17.7. The maximum absolute atomic E-state index is 12.9. The minimum atomic E-state index is -0.264. The van der Waals surface area contributed by atoms with Crippen LogP contribution >= 0.6 is 11.8 Å². The van der Waals surface area contributed by atoms with E-state index in [1.54, 1.807) is 4.68 Å². The van der Waals surface area contributed by atoms with E-state index in [1.165, 1.54) is 31.0 Å². The summed E-state index contributed by atoms with van der Waals surface area (Å²) < 4.78 is 4.05. The fraction of sp³-hybridized carbons (Fsp3) is 0.500. The number of aryl methyl sites for hydroxylation is 3. The molecule has 6 nitrogen and oxygen atoms in total. The number of nitrogens with zero attached hydrogens (tertiary/aromatic N) is 4. The Kier molecular flexibility index (Phi) is 7.00. The van der Waals surface area contributed by atoms with E-state index in [-0.39, 0.29) is 11.2 Å². The number of anilines is 1. The molecule has 0 saturated carbocycles. The standard InChI is InChI=1S/C22H31N5OS/c1-6-7-8-11-14-27-19-13-10-9-12-18(19)23-22(27)29-17(4)21(28)24-20-15(2)25-26(5)16(20)3/h9-10,12-13,17H,6-8,11,14H2,1-5H3,(H,24,28). The van der Waals surface area contributed by atoms with Gasteiger partial charge in [-0.2, -0.15) is 5.10 Å². The zero-order valence-corrected chi connectivity index (χ0v) is 18.8. The number of imidazole rings is 1. The lowest BCUT2D eigenvalue weighted by Gasteiger charge is -2.14. The molecule has 1 amide bonds. The molecule has 3 rings (SSSR count). The fourth-order valence-electron chi connectivity index (χ4n) is 3.45. The first kappa shape index (κ1) is 21.4. The van der Waals surface area contributed by atoms with Crippen LogP contribution in [0.4, 0.5) is 5.69 Å². The van der Waals surface area contributed by atoms with Crippen LogP contribution in [-0.4, -0.2) is 30.5 Å². The first-order valence-corrected chi connectivity index (χ1v) is 11.2. The van der Waals surface area contributed by atoms with Gasteiger partial charge in [-0.15, -0.1) is 0 Å². The largest absolute Gasteiger partial charge is 0.322 e. The number of rotatable bonds is 9. The number of fused-ring (bicyclic) bond motifs is 1. The van der Waals surface area contributed by atoms with E-state index >= 15 is 0 Å². The van der Waals surface area contributed by atoms with E-state index in [0.717, 1.165) is 46.2 Å². The number of hydrogen-bond donors (Lipinski definition) is 1. The van der Waals surface area contributed by atoms with Crippen LogP contribution in [0.1, 0.15) is 50.9 Å². The summed E-state index contributed by atoms with van der Waals surface area (Å²) in [6, 6.07) is 8.20. The van der Waals surface area contributed by atoms with Gasteiger partial charge < -0.3 is 9.88 Å².